The van der Waals surface area contributed by atoms with Gasteiger partial charge in [0.15, 0.2) is 0 Å². The summed E-state index contributed by atoms with van der Waals surface area (Å²) in [5, 5.41) is 9.07. The molecule has 3 heteroatoms. The molecule has 0 amide bonds. The molecule has 1 saturated carbocycles. The number of carboxylic acid groups (broad SMARTS) is 1. The summed E-state index contributed by atoms with van der Waals surface area (Å²) in [6, 6.07) is 6.86. The second-order valence-corrected chi connectivity index (χ2v) is 4.97. The third kappa shape index (κ3) is 3.49. The summed E-state index contributed by atoms with van der Waals surface area (Å²) in [6.07, 6.45) is 7.60. The molecule has 0 saturated heterocycles. The molecule has 0 spiro atoms. The lowest BCUT2D eigenvalue weighted by atomic mass is 10.0. The average Bonchev–Trinajstić information content (AvgIpc) is 2.65. The number of rotatable bonds is 4. The SMILES string of the molecule is O=C(O)c1ccccc1OCC1CCCCCC1. The molecule has 3 nitrogen and oxygen atoms in total. The summed E-state index contributed by atoms with van der Waals surface area (Å²) in [5.74, 6) is 0.148. The van der Waals surface area contributed by atoms with Crippen molar-refractivity contribution in [1.82, 2.24) is 0 Å². The Morgan fingerprint density at radius 2 is 1.83 bits per heavy atom. The van der Waals surface area contributed by atoms with E-state index in [1.807, 2.05) is 6.07 Å². The highest BCUT2D eigenvalue weighted by Gasteiger charge is 2.15. The van der Waals surface area contributed by atoms with Crippen molar-refractivity contribution >= 4 is 5.97 Å². The van der Waals surface area contributed by atoms with Crippen LogP contribution in [0.1, 0.15) is 48.9 Å². The predicted octanol–water partition coefficient (Wildman–Crippen LogP) is 3.73. The Balaban J connectivity index is 1.94. The summed E-state index contributed by atoms with van der Waals surface area (Å²) >= 11 is 0. The molecule has 0 bridgehead atoms. The van der Waals surface area contributed by atoms with Crippen molar-refractivity contribution in [2.75, 3.05) is 6.61 Å². The van der Waals surface area contributed by atoms with Gasteiger partial charge in [-0.3, -0.25) is 0 Å². The Morgan fingerprint density at radius 3 is 2.50 bits per heavy atom. The zero-order valence-electron chi connectivity index (χ0n) is 10.6. The molecular weight excluding hydrogens is 228 g/mol. The molecule has 1 aliphatic rings. The molecule has 1 fully saturated rings. The second kappa shape index (κ2) is 6.43. The van der Waals surface area contributed by atoms with Crippen molar-refractivity contribution in [2.45, 2.75) is 38.5 Å². The molecule has 1 N–H and O–H groups in total. The van der Waals surface area contributed by atoms with Gasteiger partial charge in [0.05, 0.1) is 6.61 Å². The lowest BCUT2D eigenvalue weighted by Crippen LogP contribution is -2.13. The number of benzene rings is 1. The van der Waals surface area contributed by atoms with Gasteiger partial charge in [0.25, 0.3) is 0 Å². The third-order valence-corrected chi connectivity index (χ3v) is 3.57. The van der Waals surface area contributed by atoms with E-state index in [0.717, 1.165) is 0 Å². The summed E-state index contributed by atoms with van der Waals surface area (Å²) in [4.78, 5) is 11.0. The van der Waals surface area contributed by atoms with E-state index in [2.05, 4.69) is 0 Å². The number of aromatic carboxylic acids is 1. The summed E-state index contributed by atoms with van der Waals surface area (Å²) < 4.78 is 5.71. The lowest BCUT2D eigenvalue weighted by molar-refractivity contribution is 0.0691. The van der Waals surface area contributed by atoms with Crippen molar-refractivity contribution in [3.05, 3.63) is 29.8 Å². The van der Waals surface area contributed by atoms with Gasteiger partial charge in [0.2, 0.25) is 0 Å². The van der Waals surface area contributed by atoms with Gasteiger partial charge in [-0.2, -0.15) is 0 Å². The minimum absolute atomic E-state index is 0.256. The lowest BCUT2D eigenvalue weighted by Gasteiger charge is -2.16. The van der Waals surface area contributed by atoms with Crippen LogP contribution in [0.15, 0.2) is 24.3 Å². The Labute approximate surface area is 108 Å². The van der Waals surface area contributed by atoms with Gasteiger partial charge in [-0.25, -0.2) is 4.79 Å². The number of carboxylic acids is 1. The van der Waals surface area contributed by atoms with Gasteiger partial charge in [-0.05, 0) is 30.9 Å². The highest BCUT2D eigenvalue weighted by atomic mass is 16.5. The minimum Gasteiger partial charge on any atom is -0.492 e. The fourth-order valence-corrected chi connectivity index (χ4v) is 2.51. The van der Waals surface area contributed by atoms with E-state index in [1.54, 1.807) is 18.2 Å². The monoisotopic (exact) mass is 248 g/mol. The molecular formula is C15H20O3. The average molecular weight is 248 g/mol. The van der Waals surface area contributed by atoms with Crippen LogP contribution in [0.5, 0.6) is 5.75 Å². The van der Waals surface area contributed by atoms with Gasteiger partial charge in [0.1, 0.15) is 11.3 Å². The largest absolute Gasteiger partial charge is 0.492 e. The highest BCUT2D eigenvalue weighted by Crippen LogP contribution is 2.25. The Morgan fingerprint density at radius 1 is 1.17 bits per heavy atom. The Hall–Kier alpha value is -1.51. The number of hydrogen-bond donors (Lipinski definition) is 1. The van der Waals surface area contributed by atoms with Crippen molar-refractivity contribution in [1.29, 1.82) is 0 Å². The zero-order valence-corrected chi connectivity index (χ0v) is 10.6. The predicted molar refractivity (Wildman–Crippen MR) is 70.1 cm³/mol. The quantitative estimate of drug-likeness (QED) is 0.826. The van der Waals surface area contributed by atoms with Crippen molar-refractivity contribution in [2.24, 2.45) is 5.92 Å². The van der Waals surface area contributed by atoms with E-state index in [-0.39, 0.29) is 5.56 Å². The highest BCUT2D eigenvalue weighted by molar-refractivity contribution is 5.90. The minimum atomic E-state index is -0.925. The van der Waals surface area contributed by atoms with E-state index >= 15 is 0 Å². The molecule has 0 heterocycles. The summed E-state index contributed by atoms with van der Waals surface area (Å²) in [7, 11) is 0. The number of hydrogen-bond acceptors (Lipinski definition) is 2. The maximum absolute atomic E-state index is 11.0. The third-order valence-electron chi connectivity index (χ3n) is 3.57. The Bertz CT molecular complexity index is 392. The second-order valence-electron chi connectivity index (χ2n) is 4.97. The molecule has 18 heavy (non-hydrogen) atoms. The first-order valence-electron chi connectivity index (χ1n) is 6.72. The van der Waals surface area contributed by atoms with Crippen LogP contribution >= 0.6 is 0 Å². The van der Waals surface area contributed by atoms with Gasteiger partial charge < -0.3 is 9.84 Å². The first-order chi connectivity index (χ1) is 8.77. The molecule has 2 rings (SSSR count). The van der Waals surface area contributed by atoms with E-state index in [0.29, 0.717) is 18.3 Å². The summed E-state index contributed by atoms with van der Waals surface area (Å²) in [6.45, 7) is 0.643. The van der Waals surface area contributed by atoms with Gasteiger partial charge >= 0.3 is 5.97 Å². The van der Waals surface area contributed by atoms with Crippen LogP contribution in [-0.4, -0.2) is 17.7 Å². The molecule has 0 radical (unpaired) electrons. The van der Waals surface area contributed by atoms with Crippen LogP contribution in [0.25, 0.3) is 0 Å². The molecule has 1 aromatic rings. The van der Waals surface area contributed by atoms with Crippen LogP contribution < -0.4 is 4.74 Å². The van der Waals surface area contributed by atoms with Crippen molar-refractivity contribution in [3.63, 3.8) is 0 Å². The smallest absolute Gasteiger partial charge is 0.339 e. The zero-order chi connectivity index (χ0) is 12.8. The van der Waals surface area contributed by atoms with E-state index < -0.39 is 5.97 Å². The summed E-state index contributed by atoms with van der Waals surface area (Å²) in [5.41, 5.74) is 0.256. The maximum Gasteiger partial charge on any atom is 0.339 e. The number of carbonyl (C=O) groups is 1. The molecule has 0 atom stereocenters. The first kappa shape index (κ1) is 12.9. The molecule has 1 aliphatic carbocycles. The van der Waals surface area contributed by atoms with Crippen molar-refractivity contribution < 1.29 is 14.6 Å². The molecule has 0 aromatic heterocycles. The number of ether oxygens (including phenoxy) is 1. The topological polar surface area (TPSA) is 46.5 Å². The van der Waals surface area contributed by atoms with Gasteiger partial charge in [-0.15, -0.1) is 0 Å². The van der Waals surface area contributed by atoms with Crippen LogP contribution in [0.3, 0.4) is 0 Å². The van der Waals surface area contributed by atoms with E-state index in [4.69, 9.17) is 9.84 Å². The van der Waals surface area contributed by atoms with Crippen LogP contribution in [0, 0.1) is 5.92 Å². The first-order valence-corrected chi connectivity index (χ1v) is 6.72. The van der Waals surface area contributed by atoms with Crippen LogP contribution in [-0.2, 0) is 0 Å². The Kier molecular flexibility index (Phi) is 4.62. The molecule has 98 valence electrons. The standard InChI is InChI=1S/C15H20O3/c16-15(17)13-9-5-6-10-14(13)18-11-12-7-3-1-2-4-8-12/h5-6,9-10,12H,1-4,7-8,11H2,(H,16,17). The molecule has 0 unspecified atom stereocenters. The fraction of sp³-hybridized carbons (Fsp3) is 0.533. The normalized spacial score (nSPS) is 17.1. The van der Waals surface area contributed by atoms with E-state index in [1.165, 1.54) is 38.5 Å². The van der Waals surface area contributed by atoms with Gasteiger partial charge in [-0.1, -0.05) is 37.8 Å². The van der Waals surface area contributed by atoms with E-state index in [9.17, 15) is 4.79 Å². The van der Waals surface area contributed by atoms with Crippen LogP contribution in [0.4, 0.5) is 0 Å². The van der Waals surface area contributed by atoms with Crippen molar-refractivity contribution in [3.8, 4) is 5.75 Å². The van der Waals surface area contributed by atoms with Crippen LogP contribution in [0.2, 0.25) is 0 Å². The maximum atomic E-state index is 11.0. The van der Waals surface area contributed by atoms with Gasteiger partial charge in [0, 0.05) is 0 Å². The fourth-order valence-electron chi connectivity index (χ4n) is 2.51. The number of para-hydroxylation sites is 1. The molecule has 0 aliphatic heterocycles. The molecule has 1 aromatic carbocycles.